The van der Waals surface area contributed by atoms with E-state index in [1.165, 1.54) is 25.0 Å². The van der Waals surface area contributed by atoms with Crippen LogP contribution in [-0.4, -0.2) is 41.2 Å². The van der Waals surface area contributed by atoms with Gasteiger partial charge in [0.2, 0.25) is 0 Å². The summed E-state index contributed by atoms with van der Waals surface area (Å²) < 4.78 is 23.4. The van der Waals surface area contributed by atoms with E-state index < -0.39 is 24.8 Å². The zero-order valence-corrected chi connectivity index (χ0v) is 14.8. The summed E-state index contributed by atoms with van der Waals surface area (Å²) in [4.78, 5) is 30.2. The molecule has 0 radical (unpaired) electrons. The van der Waals surface area contributed by atoms with Gasteiger partial charge in [-0.05, 0) is 20.8 Å². The van der Waals surface area contributed by atoms with E-state index in [2.05, 4.69) is 4.98 Å². The van der Waals surface area contributed by atoms with Crippen LogP contribution in [0.4, 0.5) is 0 Å². The highest BCUT2D eigenvalue weighted by molar-refractivity contribution is 7.57. The van der Waals surface area contributed by atoms with Crippen LogP contribution in [0.2, 0.25) is 0 Å². The molecule has 1 rings (SSSR count). The van der Waals surface area contributed by atoms with Crippen molar-refractivity contribution in [1.29, 1.82) is 0 Å². The van der Waals surface area contributed by atoms with Crippen LogP contribution in [-0.2, 0) is 13.6 Å². The van der Waals surface area contributed by atoms with E-state index >= 15 is 0 Å². The van der Waals surface area contributed by atoms with Crippen LogP contribution in [0.3, 0.4) is 0 Å². The van der Waals surface area contributed by atoms with E-state index in [1.54, 1.807) is 13.8 Å². The van der Waals surface area contributed by atoms with Crippen molar-refractivity contribution in [2.75, 3.05) is 26.4 Å². The molecule has 0 aromatic carbocycles. The molecule has 0 unspecified atom stereocenters. The van der Waals surface area contributed by atoms with Gasteiger partial charge in [-0.15, -0.1) is 4.73 Å². The summed E-state index contributed by atoms with van der Waals surface area (Å²) in [6.45, 7) is 4.97. The normalized spacial score (nSPS) is 13.3. The molecule has 0 fully saturated rings. The molecule has 0 spiro atoms. The zero-order chi connectivity index (χ0) is 18.2. The van der Waals surface area contributed by atoms with E-state index in [4.69, 9.17) is 13.9 Å². The molecule has 0 aliphatic rings. The molecule has 1 aromatic heterocycles. The van der Waals surface area contributed by atoms with Gasteiger partial charge in [0, 0.05) is 17.3 Å². The van der Waals surface area contributed by atoms with Crippen molar-refractivity contribution in [3.8, 4) is 0 Å². The number of rotatable bonds is 10. The molecule has 0 aliphatic carbocycles. The number of hydrogen-bond donors (Lipinski definition) is 2. The maximum absolute atomic E-state index is 12.3. The van der Waals surface area contributed by atoms with Gasteiger partial charge in [-0.3, -0.25) is 14.3 Å². The predicted octanol–water partition coefficient (Wildman–Crippen LogP) is 0.662. The molecular weight excluding hydrogens is 339 g/mol. The summed E-state index contributed by atoms with van der Waals surface area (Å²) in [5, 5.41) is 9.38. The molecule has 0 saturated heterocycles. The van der Waals surface area contributed by atoms with Gasteiger partial charge in [0.15, 0.2) is 0 Å². The van der Waals surface area contributed by atoms with Crippen molar-refractivity contribution in [1.82, 2.24) is 9.71 Å². The molecule has 1 heterocycles. The fourth-order valence-electron chi connectivity index (χ4n) is 1.70. The van der Waals surface area contributed by atoms with Crippen molar-refractivity contribution in [2.45, 2.75) is 20.8 Å². The standard InChI is InChI=1S/C14H23N2O7P/c1-4-22-24(20,23-5-2)7-6-12(9-17)10-21-16-8-11(3)13(18)15-14(16)19/h6-8,12,17H,4-5,9-10H2,1-3H3,(H,15,18,19)/t12-/m1/s1. The van der Waals surface area contributed by atoms with Gasteiger partial charge in [-0.25, -0.2) is 4.79 Å². The fourth-order valence-corrected chi connectivity index (χ4v) is 3.12. The number of H-pyrrole nitrogens is 1. The highest BCUT2D eigenvalue weighted by Gasteiger charge is 2.20. The van der Waals surface area contributed by atoms with Gasteiger partial charge < -0.3 is 19.0 Å². The number of aromatic amines is 1. The quantitative estimate of drug-likeness (QED) is 0.587. The summed E-state index contributed by atoms with van der Waals surface area (Å²) >= 11 is 0. The molecule has 136 valence electrons. The van der Waals surface area contributed by atoms with Crippen LogP contribution in [0, 0.1) is 12.8 Å². The van der Waals surface area contributed by atoms with E-state index in [-0.39, 0.29) is 26.4 Å². The lowest BCUT2D eigenvalue weighted by molar-refractivity contribution is 0.0638. The molecule has 10 heteroatoms. The van der Waals surface area contributed by atoms with Crippen LogP contribution in [0.15, 0.2) is 27.7 Å². The second-order valence-corrected chi connectivity index (χ2v) is 6.75. The first-order valence-corrected chi connectivity index (χ1v) is 9.11. The van der Waals surface area contributed by atoms with Crippen molar-refractivity contribution in [3.63, 3.8) is 0 Å². The lowest BCUT2D eigenvalue weighted by Gasteiger charge is -2.15. The van der Waals surface area contributed by atoms with Crippen LogP contribution >= 0.6 is 7.60 Å². The monoisotopic (exact) mass is 362 g/mol. The van der Waals surface area contributed by atoms with Crippen LogP contribution in [0.25, 0.3) is 0 Å². The van der Waals surface area contributed by atoms with Gasteiger partial charge in [0.1, 0.15) is 6.61 Å². The smallest absolute Gasteiger partial charge is 0.361 e. The number of hydrogen-bond acceptors (Lipinski definition) is 7. The largest absolute Gasteiger partial charge is 0.409 e. The Morgan fingerprint density at radius 2 is 1.96 bits per heavy atom. The average Bonchev–Trinajstić information content (AvgIpc) is 2.52. The number of aryl methyl sites for hydroxylation is 1. The maximum Gasteiger partial charge on any atom is 0.361 e. The Bertz CT molecular complexity index is 700. The SMILES string of the molecule is CCOP(=O)(C=C[C@H](CO)COn1cc(C)c(=O)[nH]c1=O)OCC. The van der Waals surface area contributed by atoms with Gasteiger partial charge in [-0.2, -0.15) is 0 Å². The molecule has 0 aliphatic heterocycles. The van der Waals surface area contributed by atoms with Crippen molar-refractivity contribution >= 4 is 7.60 Å². The summed E-state index contributed by atoms with van der Waals surface area (Å²) in [6.07, 6.45) is 2.71. The molecule has 0 amide bonds. The molecule has 9 nitrogen and oxygen atoms in total. The second-order valence-electron chi connectivity index (χ2n) is 4.85. The molecule has 2 N–H and O–H groups in total. The third kappa shape index (κ3) is 6.09. The minimum Gasteiger partial charge on any atom is -0.409 e. The highest BCUT2D eigenvalue weighted by Crippen LogP contribution is 2.49. The number of nitrogens with zero attached hydrogens (tertiary/aromatic N) is 1. The fraction of sp³-hybridized carbons (Fsp3) is 0.571. The topological polar surface area (TPSA) is 120 Å². The van der Waals surface area contributed by atoms with Crippen molar-refractivity contribution in [2.24, 2.45) is 5.92 Å². The first kappa shape index (κ1) is 20.4. The van der Waals surface area contributed by atoms with Crippen molar-refractivity contribution < 1.29 is 23.6 Å². The van der Waals surface area contributed by atoms with Gasteiger partial charge in [0.25, 0.3) is 5.56 Å². The highest BCUT2D eigenvalue weighted by atomic mass is 31.2. The Morgan fingerprint density at radius 1 is 1.33 bits per heavy atom. The zero-order valence-electron chi connectivity index (χ0n) is 13.9. The molecule has 1 atom stereocenters. The minimum absolute atomic E-state index is 0.0728. The minimum atomic E-state index is -3.37. The van der Waals surface area contributed by atoms with Gasteiger partial charge >= 0.3 is 13.3 Å². The first-order valence-electron chi connectivity index (χ1n) is 7.50. The summed E-state index contributed by atoms with van der Waals surface area (Å²) in [6, 6.07) is 0. The van der Waals surface area contributed by atoms with Crippen LogP contribution in [0.5, 0.6) is 0 Å². The van der Waals surface area contributed by atoms with E-state index in [0.717, 1.165) is 4.73 Å². The number of aliphatic hydroxyl groups excluding tert-OH is 1. The Labute approximate surface area is 139 Å². The lowest BCUT2D eigenvalue weighted by atomic mass is 10.2. The lowest BCUT2D eigenvalue weighted by Crippen LogP contribution is -2.36. The molecular formula is C14H23N2O7P. The Kier molecular flexibility index (Phi) is 8.14. The Hall–Kier alpha value is -1.67. The summed E-state index contributed by atoms with van der Waals surface area (Å²) in [5.74, 6) is 0.726. The van der Waals surface area contributed by atoms with E-state index in [9.17, 15) is 19.3 Å². The number of nitrogens with one attached hydrogen (secondary N) is 1. The predicted molar refractivity (Wildman–Crippen MR) is 88.1 cm³/mol. The molecule has 0 bridgehead atoms. The second kappa shape index (κ2) is 9.58. The van der Waals surface area contributed by atoms with Crippen LogP contribution < -0.4 is 16.1 Å². The van der Waals surface area contributed by atoms with Crippen LogP contribution in [0.1, 0.15) is 19.4 Å². The van der Waals surface area contributed by atoms with Gasteiger partial charge in [-0.1, -0.05) is 6.08 Å². The van der Waals surface area contributed by atoms with Crippen molar-refractivity contribution in [3.05, 3.63) is 44.5 Å². The first-order chi connectivity index (χ1) is 11.3. The third-order valence-electron chi connectivity index (χ3n) is 2.91. The number of aliphatic hydroxyl groups is 1. The molecule has 0 saturated carbocycles. The number of aromatic nitrogens is 2. The third-order valence-corrected chi connectivity index (χ3v) is 4.68. The average molecular weight is 362 g/mol. The Balaban J connectivity index is 2.79. The summed E-state index contributed by atoms with van der Waals surface area (Å²) in [5.41, 5.74) is -0.906. The van der Waals surface area contributed by atoms with E-state index in [0.29, 0.717) is 5.56 Å². The van der Waals surface area contributed by atoms with Gasteiger partial charge in [0.05, 0.1) is 26.0 Å². The Morgan fingerprint density at radius 3 is 2.50 bits per heavy atom. The molecule has 24 heavy (non-hydrogen) atoms. The molecule has 1 aromatic rings. The maximum atomic E-state index is 12.3. The van der Waals surface area contributed by atoms with E-state index in [1.807, 2.05) is 0 Å². The summed E-state index contributed by atoms with van der Waals surface area (Å²) in [7, 11) is -3.37.